The standard InChI is InChI=1S/C10H14O2Se/c1-2-11-7-8-12-9-5-3-4-6-10(9)13/h3-6,13H,2,7-8H2,1H3. The van der Waals surface area contributed by atoms with Crippen LogP contribution in [-0.2, 0) is 4.74 Å². The first-order valence-electron chi connectivity index (χ1n) is 4.33. The minimum absolute atomic E-state index is 0.614. The molecule has 0 fully saturated rings. The van der Waals surface area contributed by atoms with Crippen molar-refractivity contribution in [3.8, 4) is 5.75 Å². The van der Waals surface area contributed by atoms with E-state index >= 15 is 0 Å². The van der Waals surface area contributed by atoms with E-state index in [0.717, 1.165) is 16.8 Å². The van der Waals surface area contributed by atoms with Crippen molar-refractivity contribution in [2.24, 2.45) is 0 Å². The third kappa shape index (κ3) is 3.81. The molecule has 1 aromatic carbocycles. The Kier molecular flexibility index (Phi) is 4.91. The van der Waals surface area contributed by atoms with Gasteiger partial charge in [-0.1, -0.05) is 0 Å². The van der Waals surface area contributed by atoms with Gasteiger partial charge in [0.15, 0.2) is 0 Å². The van der Waals surface area contributed by atoms with Crippen LogP contribution in [0.2, 0.25) is 0 Å². The van der Waals surface area contributed by atoms with E-state index in [-0.39, 0.29) is 0 Å². The Morgan fingerprint density at radius 1 is 1.23 bits per heavy atom. The van der Waals surface area contributed by atoms with Crippen LogP contribution in [0.3, 0.4) is 0 Å². The van der Waals surface area contributed by atoms with E-state index in [1.54, 1.807) is 0 Å². The molecule has 72 valence electrons. The normalized spacial score (nSPS) is 10.0. The zero-order chi connectivity index (χ0) is 9.52. The number of rotatable bonds is 5. The maximum absolute atomic E-state index is 5.50. The Bertz CT molecular complexity index is 250. The molecule has 0 heterocycles. The van der Waals surface area contributed by atoms with E-state index in [9.17, 15) is 0 Å². The van der Waals surface area contributed by atoms with E-state index in [1.807, 2.05) is 31.2 Å². The van der Waals surface area contributed by atoms with Crippen LogP contribution in [0, 0.1) is 0 Å². The van der Waals surface area contributed by atoms with Gasteiger partial charge in [0.1, 0.15) is 0 Å². The molecule has 0 amide bonds. The number of hydrogen-bond acceptors (Lipinski definition) is 2. The van der Waals surface area contributed by atoms with Crippen molar-refractivity contribution in [2.75, 3.05) is 19.8 Å². The molecule has 1 aromatic rings. The predicted molar refractivity (Wildman–Crippen MR) is 55.2 cm³/mol. The first-order chi connectivity index (χ1) is 6.34. The van der Waals surface area contributed by atoms with Gasteiger partial charge in [-0.15, -0.1) is 0 Å². The first-order valence-corrected chi connectivity index (χ1v) is 5.27. The summed E-state index contributed by atoms with van der Waals surface area (Å²) in [5, 5.41) is 0. The van der Waals surface area contributed by atoms with Crippen LogP contribution in [0.25, 0.3) is 0 Å². The molecular formula is C10H14O2Se. The van der Waals surface area contributed by atoms with Gasteiger partial charge in [0.2, 0.25) is 0 Å². The fourth-order valence-electron chi connectivity index (χ4n) is 0.934. The molecule has 0 N–H and O–H groups in total. The third-order valence-corrected chi connectivity index (χ3v) is 2.33. The van der Waals surface area contributed by atoms with Crippen molar-refractivity contribution in [1.82, 2.24) is 0 Å². The van der Waals surface area contributed by atoms with Crippen LogP contribution in [0.1, 0.15) is 6.92 Å². The fraction of sp³-hybridized carbons (Fsp3) is 0.400. The van der Waals surface area contributed by atoms with Crippen LogP contribution in [0.15, 0.2) is 24.3 Å². The summed E-state index contributed by atoms with van der Waals surface area (Å²) in [6.07, 6.45) is 0. The molecule has 0 bridgehead atoms. The Balaban J connectivity index is 2.32. The molecule has 0 aliphatic heterocycles. The molecule has 0 saturated heterocycles. The van der Waals surface area contributed by atoms with Gasteiger partial charge < -0.3 is 0 Å². The Morgan fingerprint density at radius 2 is 2.00 bits per heavy atom. The van der Waals surface area contributed by atoms with Crippen LogP contribution in [0.5, 0.6) is 5.75 Å². The Labute approximate surface area is 87.1 Å². The zero-order valence-electron chi connectivity index (χ0n) is 7.69. The summed E-state index contributed by atoms with van der Waals surface area (Å²) in [7, 11) is 0. The Morgan fingerprint density at radius 3 is 2.69 bits per heavy atom. The maximum atomic E-state index is 5.50. The molecular weight excluding hydrogens is 231 g/mol. The molecule has 0 saturated carbocycles. The molecule has 0 atom stereocenters. The Hall–Kier alpha value is -0.501. The summed E-state index contributed by atoms with van der Waals surface area (Å²) < 4.78 is 11.8. The van der Waals surface area contributed by atoms with Gasteiger partial charge in [-0.05, 0) is 0 Å². The molecule has 0 radical (unpaired) electrons. The van der Waals surface area contributed by atoms with Gasteiger partial charge in [0.25, 0.3) is 0 Å². The van der Waals surface area contributed by atoms with Gasteiger partial charge >= 0.3 is 86.7 Å². The SMILES string of the molecule is CCOCCOc1ccccc1[SeH]. The number of benzene rings is 1. The van der Waals surface area contributed by atoms with E-state index in [1.165, 1.54) is 0 Å². The molecule has 0 aliphatic carbocycles. The van der Waals surface area contributed by atoms with Gasteiger partial charge in [-0.3, -0.25) is 0 Å². The molecule has 3 heteroatoms. The number of hydrogen-bond donors (Lipinski definition) is 0. The first kappa shape index (κ1) is 10.6. The van der Waals surface area contributed by atoms with Gasteiger partial charge in [-0.2, -0.15) is 0 Å². The molecule has 0 aromatic heterocycles. The third-order valence-electron chi connectivity index (χ3n) is 1.55. The summed E-state index contributed by atoms with van der Waals surface area (Å²) in [6.45, 7) is 3.98. The minimum atomic E-state index is 0.614. The number of para-hydroxylation sites is 1. The number of ether oxygens (including phenoxy) is 2. The van der Waals surface area contributed by atoms with Crippen molar-refractivity contribution in [3.63, 3.8) is 0 Å². The monoisotopic (exact) mass is 246 g/mol. The topological polar surface area (TPSA) is 18.5 Å². The predicted octanol–water partition coefficient (Wildman–Crippen LogP) is 0.628. The van der Waals surface area contributed by atoms with Gasteiger partial charge in [-0.25, -0.2) is 0 Å². The molecule has 2 nitrogen and oxygen atoms in total. The summed E-state index contributed by atoms with van der Waals surface area (Å²) in [4.78, 5) is 0. The summed E-state index contributed by atoms with van der Waals surface area (Å²) in [5.41, 5.74) is 0. The zero-order valence-corrected chi connectivity index (χ0v) is 9.57. The molecule has 0 aliphatic rings. The fourth-order valence-corrected chi connectivity index (χ4v) is 1.41. The molecule has 13 heavy (non-hydrogen) atoms. The van der Waals surface area contributed by atoms with Crippen molar-refractivity contribution in [3.05, 3.63) is 24.3 Å². The van der Waals surface area contributed by atoms with Crippen LogP contribution >= 0.6 is 0 Å². The second kappa shape index (κ2) is 6.03. The molecule has 0 unspecified atom stereocenters. The van der Waals surface area contributed by atoms with Crippen molar-refractivity contribution >= 4 is 20.5 Å². The van der Waals surface area contributed by atoms with E-state index in [0.29, 0.717) is 13.2 Å². The van der Waals surface area contributed by atoms with Gasteiger partial charge in [0, 0.05) is 0 Å². The second-order valence-electron chi connectivity index (χ2n) is 2.51. The van der Waals surface area contributed by atoms with Gasteiger partial charge in [0.05, 0.1) is 0 Å². The summed E-state index contributed by atoms with van der Waals surface area (Å²) in [5.74, 6) is 0.919. The van der Waals surface area contributed by atoms with E-state index in [4.69, 9.17) is 9.47 Å². The van der Waals surface area contributed by atoms with Crippen LogP contribution in [0.4, 0.5) is 0 Å². The molecule has 1 rings (SSSR count). The second-order valence-corrected chi connectivity index (χ2v) is 3.52. The quantitative estimate of drug-likeness (QED) is 0.559. The summed E-state index contributed by atoms with van der Waals surface area (Å²) >= 11 is 2.49. The summed E-state index contributed by atoms with van der Waals surface area (Å²) in [6, 6.07) is 7.92. The van der Waals surface area contributed by atoms with Crippen LogP contribution in [-0.4, -0.2) is 35.8 Å². The average Bonchev–Trinajstić information content (AvgIpc) is 2.15. The van der Waals surface area contributed by atoms with Crippen LogP contribution < -0.4 is 9.20 Å². The van der Waals surface area contributed by atoms with E-state index in [2.05, 4.69) is 16.0 Å². The molecule has 0 spiro atoms. The van der Waals surface area contributed by atoms with Crippen molar-refractivity contribution < 1.29 is 9.47 Å². The van der Waals surface area contributed by atoms with Crippen molar-refractivity contribution in [2.45, 2.75) is 6.92 Å². The van der Waals surface area contributed by atoms with E-state index < -0.39 is 0 Å². The average molecular weight is 245 g/mol. The van der Waals surface area contributed by atoms with Crippen molar-refractivity contribution in [1.29, 1.82) is 0 Å².